The summed E-state index contributed by atoms with van der Waals surface area (Å²) in [5, 5.41) is 2.56. The molecule has 0 saturated carbocycles. The Hall–Kier alpha value is -3.65. The smallest absolute Gasteiger partial charge is 0.352 e. The van der Waals surface area contributed by atoms with Crippen LogP contribution in [0.3, 0.4) is 0 Å². The third kappa shape index (κ3) is 4.21. The van der Waals surface area contributed by atoms with Crippen LogP contribution in [0.2, 0.25) is 0 Å². The van der Waals surface area contributed by atoms with Gasteiger partial charge in [-0.1, -0.05) is 55.1 Å². The van der Waals surface area contributed by atoms with Crippen LogP contribution in [0, 0.1) is 0 Å². The number of carbonyl (C=O) groups excluding carboxylic acids is 1. The molecule has 3 aromatic rings. The van der Waals surface area contributed by atoms with Gasteiger partial charge in [-0.3, -0.25) is 4.79 Å². The predicted octanol–water partition coefficient (Wildman–Crippen LogP) is 2.65. The van der Waals surface area contributed by atoms with E-state index < -0.39 is 23.1 Å². The maximum Gasteiger partial charge on any atom is 0.352 e. The van der Waals surface area contributed by atoms with Gasteiger partial charge in [-0.25, -0.2) is 23.9 Å². The molecular formula is C25H28N4O4. The fraction of sp³-hybridized carbons (Fsp3) is 0.320. The summed E-state index contributed by atoms with van der Waals surface area (Å²) in [6.45, 7) is 9.75. The summed E-state index contributed by atoms with van der Waals surface area (Å²) in [6.07, 6.45) is 0.638. The summed E-state index contributed by atoms with van der Waals surface area (Å²) in [5.74, 6) is -0.314. The Morgan fingerprint density at radius 3 is 2.36 bits per heavy atom. The van der Waals surface area contributed by atoms with E-state index in [9.17, 15) is 14.4 Å². The number of hydrogen-bond acceptors (Lipinski definition) is 4. The van der Waals surface area contributed by atoms with Gasteiger partial charge in [0.15, 0.2) is 0 Å². The summed E-state index contributed by atoms with van der Waals surface area (Å²) >= 11 is 0. The standard InChI is InChI=1S/C25H28N4O4/c1-17(18(2)29-24(32)27(23(31)26-29)20-13-9-6-10-14-20)22(30)28-21(16-33-25(28,3)4)15-19-11-7-5-8-12-19/h5-14,18,21H,1,15-16H2,2-4H3,(H,26,31)/t18-,21-/m0/s1. The first-order chi connectivity index (χ1) is 15.7. The van der Waals surface area contributed by atoms with E-state index >= 15 is 0 Å². The maximum absolute atomic E-state index is 13.6. The lowest BCUT2D eigenvalue weighted by molar-refractivity contribution is -0.142. The number of carbonyl (C=O) groups is 1. The van der Waals surface area contributed by atoms with Crippen molar-refractivity contribution in [1.82, 2.24) is 19.2 Å². The third-order valence-electron chi connectivity index (χ3n) is 6.10. The monoisotopic (exact) mass is 448 g/mol. The number of nitrogens with one attached hydrogen (secondary N) is 1. The normalized spacial score (nSPS) is 18.3. The minimum atomic E-state index is -0.826. The zero-order chi connectivity index (χ0) is 23.8. The van der Waals surface area contributed by atoms with Crippen molar-refractivity contribution in [2.24, 2.45) is 0 Å². The molecule has 1 amide bonds. The first kappa shape index (κ1) is 22.5. The minimum absolute atomic E-state index is 0.177. The summed E-state index contributed by atoms with van der Waals surface area (Å²) in [4.78, 5) is 40.8. The highest BCUT2D eigenvalue weighted by atomic mass is 16.5. The molecule has 0 aliphatic carbocycles. The van der Waals surface area contributed by atoms with E-state index in [1.807, 2.05) is 44.2 Å². The van der Waals surface area contributed by atoms with Crippen LogP contribution >= 0.6 is 0 Å². The lowest BCUT2D eigenvalue weighted by atomic mass is 10.0. The molecule has 1 saturated heterocycles. The van der Waals surface area contributed by atoms with Gasteiger partial charge in [0, 0.05) is 5.57 Å². The summed E-state index contributed by atoms with van der Waals surface area (Å²) in [7, 11) is 0. The van der Waals surface area contributed by atoms with Crippen LogP contribution in [0.25, 0.3) is 5.69 Å². The van der Waals surface area contributed by atoms with Gasteiger partial charge in [-0.05, 0) is 44.9 Å². The Morgan fingerprint density at radius 2 is 1.73 bits per heavy atom. The first-order valence-electron chi connectivity index (χ1n) is 10.9. The zero-order valence-corrected chi connectivity index (χ0v) is 19.0. The molecule has 2 atom stereocenters. The molecule has 1 aliphatic heterocycles. The molecule has 1 aliphatic rings. The van der Waals surface area contributed by atoms with E-state index in [-0.39, 0.29) is 17.5 Å². The molecular weight excluding hydrogens is 420 g/mol. The Labute approximate surface area is 191 Å². The fourth-order valence-electron chi connectivity index (χ4n) is 4.28. The summed E-state index contributed by atoms with van der Waals surface area (Å²) in [5.41, 5.74) is -0.233. The molecule has 172 valence electrons. The van der Waals surface area contributed by atoms with Crippen LogP contribution in [0.5, 0.6) is 0 Å². The van der Waals surface area contributed by atoms with Gasteiger partial charge in [0.05, 0.1) is 24.4 Å². The fourth-order valence-corrected chi connectivity index (χ4v) is 4.28. The van der Waals surface area contributed by atoms with Crippen molar-refractivity contribution in [2.45, 2.75) is 45.0 Å². The van der Waals surface area contributed by atoms with Crippen molar-refractivity contribution in [1.29, 1.82) is 0 Å². The lowest BCUT2D eigenvalue weighted by Gasteiger charge is -2.35. The Morgan fingerprint density at radius 1 is 1.12 bits per heavy atom. The second kappa shape index (κ2) is 8.71. The van der Waals surface area contributed by atoms with E-state index in [1.165, 1.54) is 0 Å². The highest BCUT2D eigenvalue weighted by Crippen LogP contribution is 2.32. The van der Waals surface area contributed by atoms with Gasteiger partial charge >= 0.3 is 11.4 Å². The number of para-hydroxylation sites is 1. The number of amides is 1. The van der Waals surface area contributed by atoms with Crippen molar-refractivity contribution < 1.29 is 9.53 Å². The predicted molar refractivity (Wildman–Crippen MR) is 125 cm³/mol. The van der Waals surface area contributed by atoms with Crippen LogP contribution in [-0.4, -0.2) is 43.5 Å². The number of hydrogen-bond donors (Lipinski definition) is 1. The van der Waals surface area contributed by atoms with Gasteiger partial charge in [0.1, 0.15) is 5.72 Å². The highest BCUT2D eigenvalue weighted by Gasteiger charge is 2.45. The average Bonchev–Trinajstić information content (AvgIpc) is 3.27. The zero-order valence-electron chi connectivity index (χ0n) is 19.0. The van der Waals surface area contributed by atoms with E-state index in [1.54, 1.807) is 42.2 Å². The minimum Gasteiger partial charge on any atom is -0.354 e. The Kier molecular flexibility index (Phi) is 5.95. The van der Waals surface area contributed by atoms with E-state index in [0.29, 0.717) is 18.7 Å². The number of nitrogens with zero attached hydrogens (tertiary/aromatic N) is 3. The molecule has 2 aromatic carbocycles. The molecule has 1 N–H and O–H groups in total. The molecule has 1 fully saturated rings. The third-order valence-corrected chi connectivity index (χ3v) is 6.10. The van der Waals surface area contributed by atoms with E-state index in [0.717, 1.165) is 14.8 Å². The van der Waals surface area contributed by atoms with Crippen molar-refractivity contribution in [3.8, 4) is 5.69 Å². The number of benzene rings is 2. The molecule has 1 aromatic heterocycles. The van der Waals surface area contributed by atoms with Gasteiger partial charge < -0.3 is 9.64 Å². The lowest BCUT2D eigenvalue weighted by Crippen LogP contribution is -2.50. The number of rotatable bonds is 6. The average molecular weight is 449 g/mol. The van der Waals surface area contributed by atoms with Crippen LogP contribution in [0.1, 0.15) is 32.4 Å². The number of ether oxygens (including phenoxy) is 1. The quantitative estimate of drug-likeness (QED) is 0.587. The van der Waals surface area contributed by atoms with Crippen LogP contribution in [-0.2, 0) is 16.0 Å². The maximum atomic E-state index is 13.6. The van der Waals surface area contributed by atoms with Gasteiger partial charge in [-0.15, -0.1) is 0 Å². The molecule has 8 heteroatoms. The summed E-state index contributed by atoms with van der Waals surface area (Å²) in [6, 6.07) is 17.6. The second-order valence-corrected chi connectivity index (χ2v) is 8.72. The Balaban J connectivity index is 1.61. The molecule has 8 nitrogen and oxygen atoms in total. The molecule has 0 radical (unpaired) electrons. The molecule has 0 unspecified atom stereocenters. The number of aromatic nitrogens is 3. The summed E-state index contributed by atoms with van der Waals surface area (Å²) < 4.78 is 8.11. The van der Waals surface area contributed by atoms with Gasteiger partial charge in [0.2, 0.25) is 0 Å². The highest BCUT2D eigenvalue weighted by molar-refractivity contribution is 5.94. The molecule has 4 rings (SSSR count). The van der Waals surface area contributed by atoms with Gasteiger partial charge in [0.25, 0.3) is 5.91 Å². The topological polar surface area (TPSA) is 89.3 Å². The SMILES string of the molecule is C=C(C(=O)N1[C@@H](Cc2ccccc2)COC1(C)C)[C@H](C)n1[nH]c(=O)n(-c2ccccc2)c1=O. The second-order valence-electron chi connectivity index (χ2n) is 8.72. The van der Waals surface area contributed by atoms with Gasteiger partial charge in [-0.2, -0.15) is 0 Å². The van der Waals surface area contributed by atoms with E-state index in [2.05, 4.69) is 11.7 Å². The molecule has 2 heterocycles. The van der Waals surface area contributed by atoms with E-state index in [4.69, 9.17) is 4.74 Å². The van der Waals surface area contributed by atoms with Crippen LogP contribution in [0.4, 0.5) is 0 Å². The van der Waals surface area contributed by atoms with Crippen molar-refractivity contribution in [3.05, 3.63) is 99.3 Å². The molecule has 33 heavy (non-hydrogen) atoms. The molecule has 0 spiro atoms. The van der Waals surface area contributed by atoms with Crippen molar-refractivity contribution >= 4 is 5.91 Å². The Bertz CT molecular complexity index is 1270. The number of H-pyrrole nitrogens is 1. The van der Waals surface area contributed by atoms with Crippen molar-refractivity contribution in [3.63, 3.8) is 0 Å². The molecule has 0 bridgehead atoms. The van der Waals surface area contributed by atoms with Crippen LogP contribution < -0.4 is 11.4 Å². The first-order valence-corrected chi connectivity index (χ1v) is 10.9. The number of aromatic amines is 1. The largest absolute Gasteiger partial charge is 0.354 e. The van der Waals surface area contributed by atoms with Crippen molar-refractivity contribution in [2.75, 3.05) is 6.61 Å². The van der Waals surface area contributed by atoms with Crippen LogP contribution in [0.15, 0.2) is 82.4 Å².